The molecule has 0 radical (unpaired) electrons. The maximum Gasteiger partial charge on any atom is 0.179 e. The minimum Gasteiger partial charge on any atom is -0.504 e. The molecule has 1 atom stereocenters. The van der Waals surface area contributed by atoms with Crippen molar-refractivity contribution in [2.45, 2.75) is 19.8 Å². The van der Waals surface area contributed by atoms with Crippen LogP contribution in [0.1, 0.15) is 24.0 Å². The van der Waals surface area contributed by atoms with Crippen molar-refractivity contribution < 1.29 is 14.9 Å². The molecule has 1 aromatic rings. The smallest absolute Gasteiger partial charge is 0.179 e. The van der Waals surface area contributed by atoms with E-state index in [4.69, 9.17) is 21.4 Å². The molecular formula is C11H15ClO3. The molecular weight excluding hydrogens is 216 g/mol. The molecule has 0 fully saturated rings. The fourth-order valence-electron chi connectivity index (χ4n) is 1.65. The fourth-order valence-corrected chi connectivity index (χ4v) is 2.16. The minimum atomic E-state index is -0.0769. The summed E-state index contributed by atoms with van der Waals surface area (Å²) in [4.78, 5) is 0. The molecule has 0 aliphatic rings. The lowest BCUT2D eigenvalue weighted by Gasteiger charge is -2.17. The first-order chi connectivity index (χ1) is 7.02. The Morgan fingerprint density at radius 1 is 1.53 bits per heavy atom. The lowest BCUT2D eigenvalue weighted by Crippen LogP contribution is -2.03. The summed E-state index contributed by atoms with van der Waals surface area (Å²) in [5.74, 6) is 0.207. The molecule has 84 valence electrons. The van der Waals surface area contributed by atoms with Crippen molar-refractivity contribution in [3.05, 3.63) is 22.2 Å². The quantitative estimate of drug-likeness (QED) is 0.839. The van der Waals surface area contributed by atoms with Crippen LogP contribution in [0.3, 0.4) is 0 Å². The van der Waals surface area contributed by atoms with Gasteiger partial charge in [0.15, 0.2) is 11.5 Å². The predicted octanol–water partition coefficient (Wildman–Crippen LogP) is 2.46. The van der Waals surface area contributed by atoms with Crippen molar-refractivity contribution in [2.24, 2.45) is 0 Å². The Kier molecular flexibility index (Phi) is 3.83. The summed E-state index contributed by atoms with van der Waals surface area (Å²) < 4.78 is 5.00. The zero-order valence-electron chi connectivity index (χ0n) is 9.04. The normalized spacial score (nSPS) is 12.6. The number of aliphatic hydroxyl groups excluding tert-OH is 1. The number of hydrogen-bond acceptors (Lipinski definition) is 3. The van der Waals surface area contributed by atoms with Gasteiger partial charge in [-0.1, -0.05) is 18.5 Å². The topological polar surface area (TPSA) is 49.7 Å². The van der Waals surface area contributed by atoms with Gasteiger partial charge in [0, 0.05) is 12.5 Å². The summed E-state index contributed by atoms with van der Waals surface area (Å²) in [7, 11) is 1.45. The molecule has 0 aliphatic heterocycles. The highest BCUT2D eigenvalue weighted by Crippen LogP contribution is 2.41. The maximum atomic E-state index is 9.58. The van der Waals surface area contributed by atoms with Gasteiger partial charge in [-0.25, -0.2) is 0 Å². The van der Waals surface area contributed by atoms with Crippen LogP contribution in [-0.2, 0) is 0 Å². The van der Waals surface area contributed by atoms with E-state index in [0.717, 1.165) is 11.1 Å². The van der Waals surface area contributed by atoms with Crippen molar-refractivity contribution >= 4 is 11.6 Å². The molecule has 0 bridgehead atoms. The van der Waals surface area contributed by atoms with Gasteiger partial charge in [-0.2, -0.15) is 0 Å². The lowest BCUT2D eigenvalue weighted by atomic mass is 9.96. The average Bonchev–Trinajstić information content (AvgIpc) is 2.17. The van der Waals surface area contributed by atoms with Crippen molar-refractivity contribution in [3.63, 3.8) is 0 Å². The SMILES string of the molecule is COc1c(O)cc(C)c(C(C)CO)c1Cl. The Morgan fingerprint density at radius 2 is 2.13 bits per heavy atom. The Labute approximate surface area is 94.3 Å². The second kappa shape index (κ2) is 4.73. The van der Waals surface area contributed by atoms with Gasteiger partial charge in [0.05, 0.1) is 12.1 Å². The number of halogens is 1. The molecule has 2 N–H and O–H groups in total. The molecule has 0 aromatic heterocycles. The van der Waals surface area contributed by atoms with Crippen molar-refractivity contribution in [1.82, 2.24) is 0 Å². The standard InChI is InChI=1S/C11H15ClO3/c1-6-4-8(14)11(15-3)10(12)9(6)7(2)5-13/h4,7,13-14H,5H2,1-3H3. The van der Waals surface area contributed by atoms with Crippen LogP contribution in [0.25, 0.3) is 0 Å². The van der Waals surface area contributed by atoms with Gasteiger partial charge in [0.2, 0.25) is 0 Å². The number of methoxy groups -OCH3 is 1. The summed E-state index contributed by atoms with van der Waals surface area (Å²) in [6.45, 7) is 3.71. The van der Waals surface area contributed by atoms with E-state index >= 15 is 0 Å². The second-order valence-corrected chi connectivity index (χ2v) is 3.94. The number of phenols is 1. The third-order valence-corrected chi connectivity index (χ3v) is 2.79. The third-order valence-electron chi connectivity index (χ3n) is 2.42. The predicted molar refractivity (Wildman–Crippen MR) is 59.9 cm³/mol. The molecule has 0 aliphatic carbocycles. The van der Waals surface area contributed by atoms with E-state index < -0.39 is 0 Å². The zero-order chi connectivity index (χ0) is 11.6. The van der Waals surface area contributed by atoms with Gasteiger partial charge in [-0.3, -0.25) is 0 Å². The van der Waals surface area contributed by atoms with E-state index in [1.54, 1.807) is 6.07 Å². The van der Waals surface area contributed by atoms with Crippen LogP contribution in [0.2, 0.25) is 5.02 Å². The number of rotatable bonds is 3. The highest BCUT2D eigenvalue weighted by molar-refractivity contribution is 6.33. The van der Waals surface area contributed by atoms with Gasteiger partial charge in [0.1, 0.15) is 0 Å². The first-order valence-electron chi connectivity index (χ1n) is 4.69. The molecule has 0 amide bonds. The van der Waals surface area contributed by atoms with Crippen LogP contribution in [0, 0.1) is 6.92 Å². The second-order valence-electron chi connectivity index (χ2n) is 3.56. The molecule has 0 heterocycles. The number of aryl methyl sites for hydroxylation is 1. The number of aliphatic hydroxyl groups is 1. The Balaban J connectivity index is 3.38. The van der Waals surface area contributed by atoms with Gasteiger partial charge in [-0.05, 0) is 24.1 Å². The Morgan fingerprint density at radius 3 is 2.60 bits per heavy atom. The summed E-state index contributed by atoms with van der Waals surface area (Å²) in [5.41, 5.74) is 1.66. The maximum absolute atomic E-state index is 9.58. The van der Waals surface area contributed by atoms with Crippen molar-refractivity contribution in [3.8, 4) is 11.5 Å². The molecule has 0 saturated heterocycles. The monoisotopic (exact) mass is 230 g/mol. The summed E-state index contributed by atoms with van der Waals surface area (Å²) in [5, 5.41) is 19.1. The molecule has 1 unspecified atom stereocenters. The van der Waals surface area contributed by atoms with Crippen LogP contribution >= 0.6 is 11.6 Å². The number of benzene rings is 1. The van der Waals surface area contributed by atoms with Gasteiger partial charge in [0.25, 0.3) is 0 Å². The summed E-state index contributed by atoms with van der Waals surface area (Å²) >= 11 is 6.10. The lowest BCUT2D eigenvalue weighted by molar-refractivity contribution is 0.272. The Bertz CT molecular complexity index is 363. The Hall–Kier alpha value is -0.930. The van der Waals surface area contributed by atoms with E-state index in [2.05, 4.69) is 0 Å². The number of phenolic OH excluding ortho intramolecular Hbond substituents is 1. The zero-order valence-corrected chi connectivity index (χ0v) is 9.80. The molecule has 0 spiro atoms. The molecule has 3 nitrogen and oxygen atoms in total. The van der Waals surface area contributed by atoms with Crippen LogP contribution in [-0.4, -0.2) is 23.9 Å². The van der Waals surface area contributed by atoms with Crippen LogP contribution in [0.15, 0.2) is 6.07 Å². The van der Waals surface area contributed by atoms with E-state index in [1.165, 1.54) is 7.11 Å². The fraction of sp³-hybridized carbons (Fsp3) is 0.455. The molecule has 15 heavy (non-hydrogen) atoms. The third kappa shape index (κ3) is 2.19. The summed E-state index contributed by atoms with van der Waals surface area (Å²) in [6, 6.07) is 1.59. The molecule has 4 heteroatoms. The first kappa shape index (κ1) is 12.1. The van der Waals surface area contributed by atoms with E-state index in [1.807, 2.05) is 13.8 Å². The van der Waals surface area contributed by atoms with E-state index in [-0.39, 0.29) is 24.0 Å². The molecule has 0 saturated carbocycles. The van der Waals surface area contributed by atoms with Crippen molar-refractivity contribution in [2.75, 3.05) is 13.7 Å². The molecule has 1 aromatic carbocycles. The number of ether oxygens (including phenoxy) is 1. The van der Waals surface area contributed by atoms with Crippen LogP contribution < -0.4 is 4.74 Å². The van der Waals surface area contributed by atoms with Gasteiger partial charge in [-0.15, -0.1) is 0 Å². The van der Waals surface area contributed by atoms with E-state index in [0.29, 0.717) is 5.02 Å². The number of aromatic hydroxyl groups is 1. The van der Waals surface area contributed by atoms with Crippen LogP contribution in [0.4, 0.5) is 0 Å². The number of hydrogen-bond donors (Lipinski definition) is 2. The largest absolute Gasteiger partial charge is 0.504 e. The average molecular weight is 231 g/mol. The highest BCUT2D eigenvalue weighted by Gasteiger charge is 2.18. The van der Waals surface area contributed by atoms with Gasteiger partial charge < -0.3 is 14.9 Å². The van der Waals surface area contributed by atoms with E-state index in [9.17, 15) is 5.11 Å². The minimum absolute atomic E-state index is 0.00842. The van der Waals surface area contributed by atoms with Crippen LogP contribution in [0.5, 0.6) is 11.5 Å². The highest BCUT2D eigenvalue weighted by atomic mass is 35.5. The summed E-state index contributed by atoms with van der Waals surface area (Å²) in [6.07, 6.45) is 0. The van der Waals surface area contributed by atoms with Gasteiger partial charge >= 0.3 is 0 Å². The van der Waals surface area contributed by atoms with Crippen molar-refractivity contribution in [1.29, 1.82) is 0 Å². The molecule has 1 rings (SSSR count). The first-order valence-corrected chi connectivity index (χ1v) is 5.07.